The number of carbonyl (C=O) groups excluding carboxylic acids is 1. The van der Waals surface area contributed by atoms with E-state index < -0.39 is 0 Å². The number of hydrogen-bond acceptors (Lipinski definition) is 2. The van der Waals surface area contributed by atoms with Gasteiger partial charge in [-0.05, 0) is 55.9 Å². The van der Waals surface area contributed by atoms with Crippen LogP contribution >= 0.6 is 0 Å². The Kier molecular flexibility index (Phi) is 4.60. The van der Waals surface area contributed by atoms with Crippen LogP contribution in [0.15, 0.2) is 36.7 Å². The first kappa shape index (κ1) is 16.4. The minimum atomic E-state index is -0.0641. The smallest absolute Gasteiger partial charge is 0.232 e. The van der Waals surface area contributed by atoms with Gasteiger partial charge in [0.1, 0.15) is 0 Å². The Labute approximate surface area is 149 Å². The number of aryl methyl sites for hydroxylation is 2. The van der Waals surface area contributed by atoms with E-state index in [1.165, 1.54) is 24.1 Å². The highest BCUT2D eigenvalue weighted by molar-refractivity contribution is 5.84. The van der Waals surface area contributed by atoms with Crippen molar-refractivity contribution in [3.8, 4) is 0 Å². The van der Waals surface area contributed by atoms with E-state index in [9.17, 15) is 4.79 Å². The molecule has 4 heteroatoms. The summed E-state index contributed by atoms with van der Waals surface area (Å²) in [6.07, 6.45) is 11.6. The van der Waals surface area contributed by atoms with E-state index in [1.807, 2.05) is 12.3 Å². The minimum absolute atomic E-state index is 0.0641. The molecule has 2 aromatic rings. The predicted octanol–water partition coefficient (Wildman–Crippen LogP) is 3.98. The molecule has 3 heterocycles. The number of carbonyl (C=O) groups is 1. The second kappa shape index (κ2) is 7.03. The summed E-state index contributed by atoms with van der Waals surface area (Å²) in [7, 11) is 2.08. The Morgan fingerprint density at radius 1 is 1.12 bits per heavy atom. The Hall–Kier alpha value is -2.10. The summed E-state index contributed by atoms with van der Waals surface area (Å²) in [6.45, 7) is 0.868. The zero-order valence-corrected chi connectivity index (χ0v) is 15.0. The molecule has 4 nitrogen and oxygen atoms in total. The summed E-state index contributed by atoms with van der Waals surface area (Å²) in [5, 5.41) is 0. The summed E-state index contributed by atoms with van der Waals surface area (Å²) < 4.78 is 2.17. The molecule has 2 aliphatic rings. The molecular formula is C21H27N3O. The summed E-state index contributed by atoms with van der Waals surface area (Å²) >= 11 is 0. The lowest BCUT2D eigenvalue weighted by Crippen LogP contribution is -2.40. The lowest BCUT2D eigenvalue weighted by atomic mass is 9.85. The van der Waals surface area contributed by atoms with Crippen LogP contribution in [-0.2, 0) is 18.3 Å². The molecule has 0 bridgehead atoms. The number of rotatable bonds is 2. The van der Waals surface area contributed by atoms with E-state index in [-0.39, 0.29) is 17.9 Å². The maximum Gasteiger partial charge on any atom is 0.232 e. The van der Waals surface area contributed by atoms with Gasteiger partial charge < -0.3 is 9.47 Å². The van der Waals surface area contributed by atoms with Crippen LogP contribution in [0.2, 0.25) is 0 Å². The molecule has 0 unspecified atom stereocenters. The molecule has 1 aliphatic carbocycles. The standard InChI is InChI=1S/C21H27N3O/c1-23-14-7-12-18(23)19-11-3-2-4-15-24(19)21(25)17-10-5-8-16-9-6-13-22-20(16)17/h6-7,9,12-14,17,19H,2-5,8,10-11,15H2,1H3/t17-,19+/m1/s1. The van der Waals surface area contributed by atoms with Gasteiger partial charge in [-0.3, -0.25) is 9.78 Å². The minimum Gasteiger partial charge on any atom is -0.353 e. The first-order valence-electron chi connectivity index (χ1n) is 9.61. The Morgan fingerprint density at radius 2 is 2.04 bits per heavy atom. The van der Waals surface area contributed by atoms with Crippen molar-refractivity contribution in [3.05, 3.63) is 53.6 Å². The molecule has 1 amide bonds. The number of nitrogens with zero attached hydrogens (tertiary/aromatic N) is 3. The summed E-state index contributed by atoms with van der Waals surface area (Å²) in [5.41, 5.74) is 3.54. The van der Waals surface area contributed by atoms with E-state index in [0.29, 0.717) is 0 Å². The molecule has 1 fully saturated rings. The van der Waals surface area contributed by atoms with Gasteiger partial charge in [0.2, 0.25) is 5.91 Å². The van der Waals surface area contributed by atoms with Crippen molar-refractivity contribution < 1.29 is 4.79 Å². The van der Waals surface area contributed by atoms with Gasteiger partial charge in [-0.15, -0.1) is 0 Å². The van der Waals surface area contributed by atoms with E-state index in [0.717, 1.165) is 44.3 Å². The van der Waals surface area contributed by atoms with Crippen molar-refractivity contribution in [1.82, 2.24) is 14.5 Å². The van der Waals surface area contributed by atoms with Gasteiger partial charge in [0.25, 0.3) is 0 Å². The van der Waals surface area contributed by atoms with Crippen LogP contribution < -0.4 is 0 Å². The molecule has 0 saturated carbocycles. The number of fused-ring (bicyclic) bond motifs is 1. The van der Waals surface area contributed by atoms with Crippen molar-refractivity contribution >= 4 is 5.91 Å². The number of likely N-dealkylation sites (tertiary alicyclic amines) is 1. The molecule has 1 aliphatic heterocycles. The Balaban J connectivity index is 1.66. The topological polar surface area (TPSA) is 38.1 Å². The third-order valence-corrected chi connectivity index (χ3v) is 5.85. The fraction of sp³-hybridized carbons (Fsp3) is 0.524. The number of aromatic nitrogens is 2. The molecule has 132 valence electrons. The monoisotopic (exact) mass is 337 g/mol. The lowest BCUT2D eigenvalue weighted by molar-refractivity contribution is -0.135. The average Bonchev–Trinajstić information content (AvgIpc) is 2.92. The van der Waals surface area contributed by atoms with Crippen molar-refractivity contribution in [2.45, 2.75) is 56.9 Å². The molecule has 0 radical (unpaired) electrons. The van der Waals surface area contributed by atoms with E-state index in [4.69, 9.17) is 0 Å². The zero-order valence-electron chi connectivity index (χ0n) is 15.0. The predicted molar refractivity (Wildman–Crippen MR) is 98.3 cm³/mol. The normalized spacial score (nSPS) is 23.8. The van der Waals surface area contributed by atoms with Crippen LogP contribution in [0.3, 0.4) is 0 Å². The van der Waals surface area contributed by atoms with Gasteiger partial charge in [0.15, 0.2) is 0 Å². The van der Waals surface area contributed by atoms with Gasteiger partial charge in [0, 0.05) is 31.7 Å². The first-order valence-corrected chi connectivity index (χ1v) is 9.61. The van der Waals surface area contributed by atoms with Crippen LogP contribution in [0.4, 0.5) is 0 Å². The maximum atomic E-state index is 13.6. The second-order valence-electron chi connectivity index (χ2n) is 7.43. The van der Waals surface area contributed by atoms with E-state index >= 15 is 0 Å². The van der Waals surface area contributed by atoms with Crippen molar-refractivity contribution in [1.29, 1.82) is 0 Å². The molecule has 2 aromatic heterocycles. The molecule has 4 rings (SSSR count). The van der Waals surface area contributed by atoms with E-state index in [1.54, 1.807) is 0 Å². The van der Waals surface area contributed by atoms with Crippen molar-refractivity contribution in [2.24, 2.45) is 7.05 Å². The van der Waals surface area contributed by atoms with Crippen molar-refractivity contribution in [3.63, 3.8) is 0 Å². The van der Waals surface area contributed by atoms with Gasteiger partial charge in [-0.1, -0.05) is 18.9 Å². The Morgan fingerprint density at radius 3 is 2.88 bits per heavy atom. The van der Waals surface area contributed by atoms with Crippen molar-refractivity contribution in [2.75, 3.05) is 6.54 Å². The quantitative estimate of drug-likeness (QED) is 0.831. The SMILES string of the molecule is Cn1cccc1[C@@H]1CCCCCN1C(=O)[C@@H]1CCCc2cccnc21. The zero-order chi connectivity index (χ0) is 17.2. The molecule has 0 spiro atoms. The van der Waals surface area contributed by atoms with Crippen LogP contribution in [0, 0.1) is 0 Å². The molecule has 25 heavy (non-hydrogen) atoms. The highest BCUT2D eigenvalue weighted by Gasteiger charge is 2.35. The molecule has 0 N–H and O–H groups in total. The first-order chi connectivity index (χ1) is 12.3. The number of amides is 1. The number of hydrogen-bond donors (Lipinski definition) is 0. The number of pyridine rings is 1. The van der Waals surface area contributed by atoms with Crippen LogP contribution in [-0.4, -0.2) is 26.9 Å². The van der Waals surface area contributed by atoms with Gasteiger partial charge in [-0.25, -0.2) is 0 Å². The van der Waals surface area contributed by atoms with Crippen LogP contribution in [0.5, 0.6) is 0 Å². The van der Waals surface area contributed by atoms with Gasteiger partial charge >= 0.3 is 0 Å². The maximum absolute atomic E-state index is 13.6. The molecule has 2 atom stereocenters. The highest BCUT2D eigenvalue weighted by Crippen LogP contribution is 2.36. The third-order valence-electron chi connectivity index (χ3n) is 5.85. The van der Waals surface area contributed by atoms with E-state index in [2.05, 4.69) is 45.9 Å². The second-order valence-corrected chi connectivity index (χ2v) is 7.43. The third kappa shape index (κ3) is 3.10. The fourth-order valence-electron chi connectivity index (χ4n) is 4.55. The summed E-state index contributed by atoms with van der Waals surface area (Å²) in [4.78, 5) is 20.3. The molecule has 0 aromatic carbocycles. The Bertz CT molecular complexity index is 751. The largest absolute Gasteiger partial charge is 0.353 e. The van der Waals surface area contributed by atoms with Crippen LogP contribution in [0.1, 0.15) is 67.4 Å². The van der Waals surface area contributed by atoms with Gasteiger partial charge in [-0.2, -0.15) is 0 Å². The molecular weight excluding hydrogens is 310 g/mol. The average molecular weight is 337 g/mol. The summed E-state index contributed by atoms with van der Waals surface area (Å²) in [6, 6.07) is 8.58. The fourth-order valence-corrected chi connectivity index (χ4v) is 4.55. The lowest BCUT2D eigenvalue weighted by Gasteiger charge is -2.35. The summed E-state index contributed by atoms with van der Waals surface area (Å²) in [5.74, 6) is 0.221. The van der Waals surface area contributed by atoms with Gasteiger partial charge in [0.05, 0.1) is 17.7 Å². The van der Waals surface area contributed by atoms with Crippen LogP contribution in [0.25, 0.3) is 0 Å². The highest BCUT2D eigenvalue weighted by atomic mass is 16.2. The molecule has 1 saturated heterocycles.